The van der Waals surface area contributed by atoms with Gasteiger partial charge in [-0.2, -0.15) is 5.26 Å². The Morgan fingerprint density at radius 3 is 2.63 bits per heavy atom. The first-order valence-corrected chi connectivity index (χ1v) is 13.4. The monoisotopic (exact) mass is 506 g/mol. The number of ether oxygens (including phenoxy) is 1. The van der Waals surface area contributed by atoms with Gasteiger partial charge in [0.2, 0.25) is 10.0 Å². The molecule has 7 nitrogen and oxygen atoms in total. The molecular formula is C26H26N4O3S2. The fourth-order valence-corrected chi connectivity index (χ4v) is 6.27. The summed E-state index contributed by atoms with van der Waals surface area (Å²) in [5, 5.41) is 9.96. The predicted octanol–water partition coefficient (Wildman–Crippen LogP) is 4.51. The van der Waals surface area contributed by atoms with Crippen LogP contribution in [0, 0.1) is 11.3 Å². The second-order valence-electron chi connectivity index (χ2n) is 8.10. The molecule has 0 saturated carbocycles. The number of hydrogen-bond acceptors (Lipinski definition) is 7. The van der Waals surface area contributed by atoms with Gasteiger partial charge < -0.3 is 9.64 Å². The van der Waals surface area contributed by atoms with Crippen molar-refractivity contribution in [2.45, 2.75) is 17.4 Å². The fourth-order valence-electron chi connectivity index (χ4n) is 3.79. The quantitative estimate of drug-likeness (QED) is 0.340. The predicted molar refractivity (Wildman–Crippen MR) is 139 cm³/mol. The SMILES string of the molecule is COCCN(C)c1cccc2nc(C(Cc3cccc(C#N)c3)NS(=O)(=O)c3ccccc3)sc12. The van der Waals surface area contributed by atoms with Crippen molar-refractivity contribution in [3.8, 4) is 6.07 Å². The van der Waals surface area contributed by atoms with E-state index in [2.05, 4.69) is 15.7 Å². The highest BCUT2D eigenvalue weighted by atomic mass is 32.2. The first-order chi connectivity index (χ1) is 16.9. The van der Waals surface area contributed by atoms with E-state index in [-0.39, 0.29) is 4.90 Å². The third kappa shape index (κ3) is 5.86. The number of sulfonamides is 1. The van der Waals surface area contributed by atoms with Gasteiger partial charge >= 0.3 is 0 Å². The molecule has 0 fully saturated rings. The smallest absolute Gasteiger partial charge is 0.241 e. The van der Waals surface area contributed by atoms with Crippen LogP contribution in [-0.2, 0) is 21.2 Å². The Morgan fingerprint density at radius 2 is 1.89 bits per heavy atom. The first-order valence-electron chi connectivity index (χ1n) is 11.1. The van der Waals surface area contributed by atoms with Gasteiger partial charge in [-0.15, -0.1) is 11.3 Å². The zero-order valence-corrected chi connectivity index (χ0v) is 21.1. The first kappa shape index (κ1) is 24.8. The molecule has 0 aliphatic rings. The molecule has 1 N–H and O–H groups in total. The van der Waals surface area contributed by atoms with Crippen LogP contribution in [0.25, 0.3) is 10.2 Å². The van der Waals surface area contributed by atoms with E-state index in [0.29, 0.717) is 30.1 Å². The average Bonchev–Trinajstić information content (AvgIpc) is 3.32. The number of hydrogen-bond donors (Lipinski definition) is 1. The lowest BCUT2D eigenvalue weighted by Crippen LogP contribution is -2.30. The molecule has 35 heavy (non-hydrogen) atoms. The van der Waals surface area contributed by atoms with Gasteiger partial charge in [0.25, 0.3) is 0 Å². The molecule has 4 aromatic rings. The van der Waals surface area contributed by atoms with Crippen molar-refractivity contribution < 1.29 is 13.2 Å². The Bertz CT molecular complexity index is 1450. The van der Waals surface area contributed by atoms with E-state index in [9.17, 15) is 13.7 Å². The lowest BCUT2D eigenvalue weighted by Gasteiger charge is -2.19. The highest BCUT2D eigenvalue weighted by Crippen LogP contribution is 2.35. The van der Waals surface area contributed by atoms with Crippen LogP contribution >= 0.6 is 11.3 Å². The molecule has 0 saturated heterocycles. The van der Waals surface area contributed by atoms with E-state index in [1.54, 1.807) is 55.6 Å². The highest BCUT2D eigenvalue weighted by molar-refractivity contribution is 7.89. The maximum atomic E-state index is 13.2. The third-order valence-corrected chi connectivity index (χ3v) is 8.29. The van der Waals surface area contributed by atoms with Crippen LogP contribution in [-0.4, -0.2) is 40.7 Å². The molecule has 1 unspecified atom stereocenters. The fraction of sp³-hybridized carbons (Fsp3) is 0.231. The second kappa shape index (κ2) is 11.0. The topological polar surface area (TPSA) is 95.3 Å². The average molecular weight is 507 g/mol. The van der Waals surface area contributed by atoms with Crippen LogP contribution < -0.4 is 9.62 Å². The van der Waals surface area contributed by atoms with Crippen LogP contribution in [0.4, 0.5) is 5.69 Å². The van der Waals surface area contributed by atoms with Gasteiger partial charge in [-0.25, -0.2) is 18.1 Å². The summed E-state index contributed by atoms with van der Waals surface area (Å²) in [4.78, 5) is 7.12. The molecule has 1 atom stereocenters. The van der Waals surface area contributed by atoms with Crippen molar-refractivity contribution in [1.29, 1.82) is 5.26 Å². The van der Waals surface area contributed by atoms with Crippen molar-refractivity contribution in [2.75, 3.05) is 32.2 Å². The zero-order chi connectivity index (χ0) is 24.8. The zero-order valence-electron chi connectivity index (χ0n) is 19.5. The summed E-state index contributed by atoms with van der Waals surface area (Å²) in [6, 6.07) is 22.9. The van der Waals surface area contributed by atoms with Crippen LogP contribution in [0.1, 0.15) is 22.2 Å². The summed E-state index contributed by atoms with van der Waals surface area (Å²) in [5.41, 5.74) is 3.20. The maximum absolute atomic E-state index is 13.2. The lowest BCUT2D eigenvalue weighted by atomic mass is 10.0. The molecular weight excluding hydrogens is 480 g/mol. The van der Waals surface area contributed by atoms with Gasteiger partial charge in [-0.05, 0) is 48.4 Å². The number of rotatable bonds is 10. The van der Waals surface area contributed by atoms with Gasteiger partial charge in [0.05, 0.1) is 45.1 Å². The third-order valence-electron chi connectivity index (χ3n) is 5.60. The van der Waals surface area contributed by atoms with Gasteiger partial charge in [-0.3, -0.25) is 0 Å². The summed E-state index contributed by atoms with van der Waals surface area (Å²) in [7, 11) is -0.128. The summed E-state index contributed by atoms with van der Waals surface area (Å²) in [6.45, 7) is 1.31. The Balaban J connectivity index is 1.74. The molecule has 0 aliphatic carbocycles. The van der Waals surface area contributed by atoms with Crippen LogP contribution in [0.5, 0.6) is 0 Å². The van der Waals surface area contributed by atoms with E-state index in [4.69, 9.17) is 9.72 Å². The summed E-state index contributed by atoms with van der Waals surface area (Å²) in [6.07, 6.45) is 0.357. The minimum absolute atomic E-state index is 0.192. The minimum Gasteiger partial charge on any atom is -0.383 e. The molecule has 0 spiro atoms. The number of thiazole rings is 1. The number of fused-ring (bicyclic) bond motifs is 1. The molecule has 1 aromatic heterocycles. The van der Waals surface area contributed by atoms with E-state index in [0.717, 1.165) is 21.5 Å². The van der Waals surface area contributed by atoms with Crippen molar-refractivity contribution in [2.24, 2.45) is 0 Å². The Labute approximate surface area is 209 Å². The molecule has 0 amide bonds. The van der Waals surface area contributed by atoms with E-state index >= 15 is 0 Å². The molecule has 0 radical (unpaired) electrons. The molecule has 4 rings (SSSR count). The Morgan fingerprint density at radius 1 is 1.11 bits per heavy atom. The number of benzene rings is 3. The summed E-state index contributed by atoms with van der Waals surface area (Å²) in [5.74, 6) is 0. The van der Waals surface area contributed by atoms with Crippen LogP contribution in [0.15, 0.2) is 77.7 Å². The summed E-state index contributed by atoms with van der Waals surface area (Å²) >= 11 is 1.47. The maximum Gasteiger partial charge on any atom is 0.241 e. The van der Waals surface area contributed by atoms with E-state index in [1.165, 1.54) is 11.3 Å². The molecule has 180 valence electrons. The summed E-state index contributed by atoms with van der Waals surface area (Å²) < 4.78 is 35.5. The molecule has 1 heterocycles. The number of methoxy groups -OCH3 is 1. The molecule has 9 heteroatoms. The van der Waals surface area contributed by atoms with Crippen molar-refractivity contribution in [3.05, 3.63) is 88.9 Å². The normalized spacial score (nSPS) is 12.4. The standard InChI is InChI=1S/C26H26N4O3S2/c1-30(14-15-33-2)24-13-7-12-22-25(24)34-26(28-22)23(17-19-8-6-9-20(16-19)18-27)29-35(31,32)21-10-4-3-5-11-21/h3-13,16,23,29H,14-15,17H2,1-2H3. The van der Waals surface area contributed by atoms with Crippen molar-refractivity contribution in [1.82, 2.24) is 9.71 Å². The molecule has 0 aliphatic heterocycles. The van der Waals surface area contributed by atoms with E-state index in [1.807, 2.05) is 31.3 Å². The van der Waals surface area contributed by atoms with E-state index < -0.39 is 16.1 Å². The highest BCUT2D eigenvalue weighted by Gasteiger charge is 2.25. The number of nitrogens with zero attached hydrogens (tertiary/aromatic N) is 3. The largest absolute Gasteiger partial charge is 0.383 e. The van der Waals surface area contributed by atoms with Gasteiger partial charge in [-0.1, -0.05) is 36.4 Å². The van der Waals surface area contributed by atoms with Crippen LogP contribution in [0.2, 0.25) is 0 Å². The molecule has 0 bridgehead atoms. The number of nitriles is 1. The minimum atomic E-state index is -3.79. The number of aromatic nitrogens is 1. The van der Waals surface area contributed by atoms with Gasteiger partial charge in [0, 0.05) is 20.7 Å². The van der Waals surface area contributed by atoms with Crippen molar-refractivity contribution in [3.63, 3.8) is 0 Å². The number of likely N-dealkylation sites (N-methyl/N-ethyl adjacent to an activating group) is 1. The molecule has 3 aromatic carbocycles. The van der Waals surface area contributed by atoms with Gasteiger partial charge in [0.1, 0.15) is 5.01 Å². The lowest BCUT2D eigenvalue weighted by molar-refractivity contribution is 0.206. The Hall–Kier alpha value is -3.29. The Kier molecular flexibility index (Phi) is 7.78. The number of nitrogens with one attached hydrogen (secondary N) is 1. The van der Waals surface area contributed by atoms with Gasteiger partial charge in [0.15, 0.2) is 0 Å². The second-order valence-corrected chi connectivity index (χ2v) is 10.8. The van der Waals surface area contributed by atoms with Crippen molar-refractivity contribution >= 4 is 37.3 Å². The van der Waals surface area contributed by atoms with Crippen LogP contribution in [0.3, 0.4) is 0 Å². The number of anilines is 1.